The third kappa shape index (κ3) is 3.83. The molecular formula is C20H23N5O2. The average molecular weight is 365 g/mol. The summed E-state index contributed by atoms with van der Waals surface area (Å²) in [6, 6.07) is 9.64. The number of likely N-dealkylation sites (tertiary alicyclic amines) is 1. The van der Waals surface area contributed by atoms with Crippen LogP contribution in [0.4, 0.5) is 5.82 Å². The molecule has 7 nitrogen and oxygen atoms in total. The number of nitrogens with zero attached hydrogens (tertiary/aromatic N) is 5. The first-order chi connectivity index (χ1) is 13.2. The van der Waals surface area contributed by atoms with Gasteiger partial charge in [-0.15, -0.1) is 0 Å². The van der Waals surface area contributed by atoms with Crippen molar-refractivity contribution in [3.05, 3.63) is 54.5 Å². The second-order valence-electron chi connectivity index (χ2n) is 6.93. The highest BCUT2D eigenvalue weighted by molar-refractivity contribution is 6.05. The number of hydrogen-bond acceptors (Lipinski definition) is 6. The van der Waals surface area contributed by atoms with Gasteiger partial charge in [-0.05, 0) is 12.0 Å². The van der Waals surface area contributed by atoms with Gasteiger partial charge in [-0.3, -0.25) is 24.4 Å². The molecule has 0 aliphatic carbocycles. The maximum absolute atomic E-state index is 12.8. The molecule has 2 aliphatic heterocycles. The summed E-state index contributed by atoms with van der Waals surface area (Å²) in [4.78, 5) is 39.4. The van der Waals surface area contributed by atoms with Gasteiger partial charge in [-0.25, -0.2) is 4.98 Å². The van der Waals surface area contributed by atoms with Gasteiger partial charge in [0, 0.05) is 45.1 Å². The number of carbonyl (C=O) groups excluding carboxylic acids is 2. The maximum atomic E-state index is 12.8. The Morgan fingerprint density at radius 3 is 2.48 bits per heavy atom. The number of hydrogen-bond donors (Lipinski definition) is 0. The Morgan fingerprint density at radius 2 is 1.78 bits per heavy atom. The van der Waals surface area contributed by atoms with Crippen molar-refractivity contribution in [2.75, 3.05) is 37.6 Å². The standard InChI is InChI=1S/C20H23N5O2/c26-19-14-17(20(27)25(19)9-6-16-4-2-1-3-5-16)23-10-12-24(13-11-23)18-15-21-7-8-22-18/h1-5,7-8,15,17H,6,9-14H2/t17-/m1/s1. The monoisotopic (exact) mass is 365 g/mol. The number of imide groups is 1. The van der Waals surface area contributed by atoms with Crippen LogP contribution in [0.25, 0.3) is 0 Å². The van der Waals surface area contributed by atoms with Crippen molar-refractivity contribution in [2.24, 2.45) is 0 Å². The fourth-order valence-electron chi connectivity index (χ4n) is 3.79. The van der Waals surface area contributed by atoms with E-state index in [1.807, 2.05) is 30.3 Å². The lowest BCUT2D eigenvalue weighted by Gasteiger charge is -2.37. The van der Waals surface area contributed by atoms with Crippen molar-refractivity contribution in [3.63, 3.8) is 0 Å². The highest BCUT2D eigenvalue weighted by Crippen LogP contribution is 2.22. The lowest BCUT2D eigenvalue weighted by molar-refractivity contribution is -0.139. The number of rotatable bonds is 5. The first kappa shape index (κ1) is 17.6. The van der Waals surface area contributed by atoms with Crippen LogP contribution in [0.15, 0.2) is 48.9 Å². The smallest absolute Gasteiger partial charge is 0.247 e. The molecule has 4 rings (SSSR count). The lowest BCUT2D eigenvalue weighted by atomic mass is 10.1. The van der Waals surface area contributed by atoms with Crippen molar-refractivity contribution in [1.82, 2.24) is 19.8 Å². The van der Waals surface area contributed by atoms with Gasteiger partial charge in [-0.2, -0.15) is 0 Å². The number of anilines is 1. The molecule has 0 spiro atoms. The van der Waals surface area contributed by atoms with Crippen molar-refractivity contribution >= 4 is 17.6 Å². The van der Waals surface area contributed by atoms with Gasteiger partial charge in [0.25, 0.3) is 0 Å². The van der Waals surface area contributed by atoms with Gasteiger partial charge in [0.15, 0.2) is 0 Å². The summed E-state index contributed by atoms with van der Waals surface area (Å²) < 4.78 is 0. The highest BCUT2D eigenvalue weighted by atomic mass is 16.2. The molecule has 1 aromatic carbocycles. The van der Waals surface area contributed by atoms with Crippen LogP contribution in [0.1, 0.15) is 12.0 Å². The molecule has 7 heteroatoms. The van der Waals surface area contributed by atoms with Crippen LogP contribution in [-0.2, 0) is 16.0 Å². The number of benzene rings is 1. The molecule has 2 saturated heterocycles. The minimum atomic E-state index is -0.322. The van der Waals surface area contributed by atoms with Crippen LogP contribution in [0.2, 0.25) is 0 Å². The topological polar surface area (TPSA) is 69.6 Å². The second kappa shape index (κ2) is 7.84. The molecule has 1 atom stereocenters. The Bertz CT molecular complexity index is 791. The minimum absolute atomic E-state index is 0.0520. The first-order valence-electron chi connectivity index (χ1n) is 9.35. The zero-order valence-corrected chi connectivity index (χ0v) is 15.2. The van der Waals surface area contributed by atoms with E-state index in [9.17, 15) is 9.59 Å². The van der Waals surface area contributed by atoms with E-state index in [-0.39, 0.29) is 17.9 Å². The first-order valence-corrected chi connectivity index (χ1v) is 9.35. The maximum Gasteiger partial charge on any atom is 0.247 e. The molecule has 140 valence electrons. The molecule has 0 saturated carbocycles. The molecule has 2 aliphatic rings. The normalized spacial score (nSPS) is 21.1. The molecule has 2 amide bonds. The summed E-state index contributed by atoms with van der Waals surface area (Å²) in [6.07, 6.45) is 6.09. The molecule has 0 N–H and O–H groups in total. The third-order valence-electron chi connectivity index (χ3n) is 5.32. The van der Waals surface area contributed by atoms with Crippen LogP contribution in [0.3, 0.4) is 0 Å². The zero-order chi connectivity index (χ0) is 18.6. The number of carbonyl (C=O) groups is 2. The predicted octanol–water partition coefficient (Wildman–Crippen LogP) is 0.969. The molecule has 0 unspecified atom stereocenters. The van der Waals surface area contributed by atoms with Crippen molar-refractivity contribution in [1.29, 1.82) is 0 Å². The van der Waals surface area contributed by atoms with Crippen LogP contribution < -0.4 is 4.90 Å². The summed E-state index contributed by atoms with van der Waals surface area (Å²) in [6.45, 7) is 3.50. The average Bonchev–Trinajstić information content (AvgIpc) is 3.01. The van der Waals surface area contributed by atoms with E-state index < -0.39 is 0 Å². The SMILES string of the molecule is O=C1C[C@@H](N2CCN(c3cnccn3)CC2)C(=O)N1CCc1ccccc1. The van der Waals surface area contributed by atoms with Crippen LogP contribution in [0.5, 0.6) is 0 Å². The van der Waals surface area contributed by atoms with E-state index in [1.165, 1.54) is 4.90 Å². The highest BCUT2D eigenvalue weighted by Gasteiger charge is 2.42. The van der Waals surface area contributed by atoms with Crippen molar-refractivity contribution < 1.29 is 9.59 Å². The van der Waals surface area contributed by atoms with Gasteiger partial charge < -0.3 is 4.90 Å². The van der Waals surface area contributed by atoms with E-state index in [4.69, 9.17) is 0 Å². The third-order valence-corrected chi connectivity index (χ3v) is 5.32. The summed E-state index contributed by atoms with van der Waals surface area (Å²) in [7, 11) is 0. The zero-order valence-electron chi connectivity index (χ0n) is 15.2. The summed E-state index contributed by atoms with van der Waals surface area (Å²) in [5, 5.41) is 0. The fourth-order valence-corrected chi connectivity index (χ4v) is 3.79. The Balaban J connectivity index is 1.34. The van der Waals surface area contributed by atoms with Crippen LogP contribution in [0, 0.1) is 0 Å². The minimum Gasteiger partial charge on any atom is -0.353 e. The fraction of sp³-hybridized carbons (Fsp3) is 0.400. The molecule has 2 fully saturated rings. The summed E-state index contributed by atoms with van der Waals surface area (Å²) in [5.41, 5.74) is 1.14. The number of piperazine rings is 1. The molecule has 1 aromatic heterocycles. The second-order valence-corrected chi connectivity index (χ2v) is 6.93. The molecule has 0 bridgehead atoms. The van der Waals surface area contributed by atoms with Gasteiger partial charge in [0.1, 0.15) is 5.82 Å². The van der Waals surface area contributed by atoms with Gasteiger partial charge in [-0.1, -0.05) is 30.3 Å². The Morgan fingerprint density at radius 1 is 1.00 bits per heavy atom. The van der Waals surface area contributed by atoms with Gasteiger partial charge >= 0.3 is 0 Å². The number of amides is 2. The quantitative estimate of drug-likeness (QED) is 0.736. The van der Waals surface area contributed by atoms with E-state index in [1.54, 1.807) is 18.6 Å². The number of aromatic nitrogens is 2. The van der Waals surface area contributed by atoms with Crippen LogP contribution >= 0.6 is 0 Å². The van der Waals surface area contributed by atoms with E-state index in [0.29, 0.717) is 19.4 Å². The van der Waals surface area contributed by atoms with Crippen molar-refractivity contribution in [3.8, 4) is 0 Å². The van der Waals surface area contributed by atoms with E-state index in [2.05, 4.69) is 19.8 Å². The van der Waals surface area contributed by atoms with Crippen molar-refractivity contribution in [2.45, 2.75) is 18.9 Å². The largest absolute Gasteiger partial charge is 0.353 e. The van der Waals surface area contributed by atoms with E-state index in [0.717, 1.165) is 37.6 Å². The predicted molar refractivity (Wildman–Crippen MR) is 101 cm³/mol. The van der Waals surface area contributed by atoms with Gasteiger partial charge in [0.2, 0.25) is 11.8 Å². The van der Waals surface area contributed by atoms with Gasteiger partial charge in [0.05, 0.1) is 18.7 Å². The van der Waals surface area contributed by atoms with E-state index >= 15 is 0 Å². The molecule has 0 radical (unpaired) electrons. The Labute approximate surface area is 158 Å². The van der Waals surface area contributed by atoms with Crippen LogP contribution in [-0.4, -0.2) is 70.3 Å². The Kier molecular flexibility index (Phi) is 5.11. The molecular weight excluding hydrogens is 342 g/mol. The molecule has 3 heterocycles. The molecule has 27 heavy (non-hydrogen) atoms. The Hall–Kier alpha value is -2.80. The molecule has 2 aromatic rings. The summed E-state index contributed by atoms with van der Waals surface area (Å²) in [5.74, 6) is 0.747. The lowest BCUT2D eigenvalue weighted by Crippen LogP contribution is -2.52. The summed E-state index contributed by atoms with van der Waals surface area (Å²) >= 11 is 0.